The Morgan fingerprint density at radius 3 is 2.07 bits per heavy atom. The van der Waals surface area contributed by atoms with Crippen LogP contribution >= 0.6 is 11.8 Å². The first kappa shape index (κ1) is 11.0. The van der Waals surface area contributed by atoms with Gasteiger partial charge in [-0.15, -0.1) is 11.8 Å². The molecule has 0 aliphatic carbocycles. The van der Waals surface area contributed by atoms with Gasteiger partial charge in [-0.05, 0) is 32.9 Å². The number of nitrogens with one attached hydrogen (secondary N) is 2. The van der Waals surface area contributed by atoms with Crippen molar-refractivity contribution in [2.24, 2.45) is 0 Å². The Balaban J connectivity index is 2.04. The molecule has 1 saturated heterocycles. The minimum absolute atomic E-state index is 0.520. The van der Waals surface area contributed by atoms with Crippen molar-refractivity contribution in [3.05, 3.63) is 29.8 Å². The second kappa shape index (κ2) is 4.56. The van der Waals surface area contributed by atoms with E-state index in [9.17, 15) is 0 Å². The number of hydrazine groups is 1. The third kappa shape index (κ3) is 2.54. The number of thioether (sulfide) groups is 1. The predicted octanol–water partition coefficient (Wildman–Crippen LogP) is 2.34. The van der Waals surface area contributed by atoms with Crippen LogP contribution in [0.25, 0.3) is 0 Å². The van der Waals surface area contributed by atoms with Gasteiger partial charge in [0.1, 0.15) is 0 Å². The zero-order valence-electron chi connectivity index (χ0n) is 9.45. The summed E-state index contributed by atoms with van der Waals surface area (Å²) in [4.78, 5) is 1.36. The van der Waals surface area contributed by atoms with Crippen molar-refractivity contribution in [1.29, 1.82) is 0 Å². The van der Waals surface area contributed by atoms with Crippen molar-refractivity contribution >= 4 is 11.8 Å². The molecule has 0 saturated carbocycles. The normalized spacial score (nSPS) is 30.7. The summed E-state index contributed by atoms with van der Waals surface area (Å²) in [5.41, 5.74) is 7.88. The Labute approximate surface area is 95.8 Å². The van der Waals surface area contributed by atoms with Crippen molar-refractivity contribution in [3.8, 4) is 0 Å². The van der Waals surface area contributed by atoms with Crippen LogP contribution in [0.5, 0.6) is 0 Å². The molecule has 2 rings (SSSR count). The molecule has 1 heterocycles. The van der Waals surface area contributed by atoms with Gasteiger partial charge in [0.2, 0.25) is 0 Å². The number of benzene rings is 1. The van der Waals surface area contributed by atoms with E-state index in [1.54, 1.807) is 0 Å². The molecule has 82 valence electrons. The molecule has 1 fully saturated rings. The van der Waals surface area contributed by atoms with Crippen molar-refractivity contribution in [2.45, 2.75) is 43.0 Å². The maximum absolute atomic E-state index is 3.28. The monoisotopic (exact) mass is 222 g/mol. The molecule has 0 radical (unpaired) electrons. The first-order chi connectivity index (χ1) is 7.16. The largest absolute Gasteiger partial charge is 0.254 e. The molecule has 0 bridgehead atoms. The van der Waals surface area contributed by atoms with E-state index in [1.165, 1.54) is 10.5 Å². The van der Waals surface area contributed by atoms with Crippen LogP contribution in [0.1, 0.15) is 19.4 Å². The van der Waals surface area contributed by atoms with E-state index in [-0.39, 0.29) is 0 Å². The van der Waals surface area contributed by atoms with Crippen LogP contribution in [-0.2, 0) is 0 Å². The van der Waals surface area contributed by atoms with Gasteiger partial charge < -0.3 is 0 Å². The van der Waals surface area contributed by atoms with Crippen LogP contribution in [0.15, 0.2) is 29.2 Å². The van der Waals surface area contributed by atoms with Gasteiger partial charge in [-0.3, -0.25) is 10.9 Å². The minimum atomic E-state index is 0.520. The second-order valence-electron chi connectivity index (χ2n) is 4.26. The summed E-state index contributed by atoms with van der Waals surface area (Å²) in [7, 11) is 0. The lowest BCUT2D eigenvalue weighted by atomic mass is 10.2. The van der Waals surface area contributed by atoms with E-state index in [1.807, 2.05) is 11.8 Å². The highest BCUT2D eigenvalue weighted by atomic mass is 32.2. The Morgan fingerprint density at radius 2 is 1.53 bits per heavy atom. The summed E-state index contributed by atoms with van der Waals surface area (Å²) in [6, 6.07) is 9.80. The number of hydrogen-bond donors (Lipinski definition) is 2. The lowest BCUT2D eigenvalue weighted by Crippen LogP contribution is -2.30. The van der Waals surface area contributed by atoms with Crippen LogP contribution in [0.2, 0.25) is 0 Å². The molecule has 0 aromatic heterocycles. The smallest absolute Gasteiger partial charge is 0.0423 e. The fourth-order valence-corrected chi connectivity index (χ4v) is 2.99. The topological polar surface area (TPSA) is 24.1 Å². The molecule has 1 aromatic rings. The van der Waals surface area contributed by atoms with Gasteiger partial charge in [-0.25, -0.2) is 0 Å². The maximum Gasteiger partial charge on any atom is 0.0423 e. The van der Waals surface area contributed by atoms with E-state index in [4.69, 9.17) is 0 Å². The quantitative estimate of drug-likeness (QED) is 0.803. The molecule has 15 heavy (non-hydrogen) atoms. The molecule has 1 aliphatic rings. The van der Waals surface area contributed by atoms with Gasteiger partial charge in [-0.1, -0.05) is 17.7 Å². The fourth-order valence-electron chi connectivity index (χ4n) is 1.84. The first-order valence-electron chi connectivity index (χ1n) is 5.41. The highest BCUT2D eigenvalue weighted by molar-refractivity contribution is 8.00. The van der Waals surface area contributed by atoms with Crippen LogP contribution < -0.4 is 10.9 Å². The molecule has 2 N–H and O–H groups in total. The van der Waals surface area contributed by atoms with Crippen LogP contribution in [0.4, 0.5) is 0 Å². The van der Waals surface area contributed by atoms with Crippen molar-refractivity contribution < 1.29 is 0 Å². The van der Waals surface area contributed by atoms with Crippen LogP contribution in [0, 0.1) is 6.92 Å². The molecule has 2 unspecified atom stereocenters. The molecule has 0 spiro atoms. The Kier molecular flexibility index (Phi) is 3.34. The van der Waals surface area contributed by atoms with Crippen LogP contribution in [-0.4, -0.2) is 17.3 Å². The van der Waals surface area contributed by atoms with E-state index in [2.05, 4.69) is 55.9 Å². The average Bonchev–Trinajstić information content (AvgIpc) is 2.53. The first-order valence-corrected chi connectivity index (χ1v) is 6.29. The summed E-state index contributed by atoms with van der Waals surface area (Å²) < 4.78 is 0. The SMILES string of the molecule is Cc1ccc(SC2C(C)NNC2C)cc1. The lowest BCUT2D eigenvalue weighted by molar-refractivity contribution is 0.567. The minimum Gasteiger partial charge on any atom is -0.254 e. The molecule has 2 nitrogen and oxygen atoms in total. The summed E-state index contributed by atoms with van der Waals surface area (Å²) >= 11 is 1.95. The predicted molar refractivity (Wildman–Crippen MR) is 66.0 cm³/mol. The molecule has 0 amide bonds. The standard InChI is InChI=1S/C12H18N2S/c1-8-4-6-11(7-5-8)15-12-9(2)13-14-10(12)3/h4-7,9-10,12-14H,1-3H3. The number of aryl methyl sites for hydroxylation is 1. The van der Waals surface area contributed by atoms with Gasteiger partial charge in [0.25, 0.3) is 0 Å². The van der Waals surface area contributed by atoms with Crippen LogP contribution in [0.3, 0.4) is 0 Å². The molecule has 1 aliphatic heterocycles. The summed E-state index contributed by atoms with van der Waals surface area (Å²) in [6.45, 7) is 6.57. The van der Waals surface area contributed by atoms with Gasteiger partial charge in [0.15, 0.2) is 0 Å². The highest BCUT2D eigenvalue weighted by Gasteiger charge is 2.30. The summed E-state index contributed by atoms with van der Waals surface area (Å²) in [5.74, 6) is 0. The van der Waals surface area contributed by atoms with Crippen molar-refractivity contribution in [2.75, 3.05) is 0 Å². The van der Waals surface area contributed by atoms with Gasteiger partial charge in [0.05, 0.1) is 0 Å². The number of hydrogen-bond acceptors (Lipinski definition) is 3. The zero-order valence-corrected chi connectivity index (χ0v) is 10.3. The molecular weight excluding hydrogens is 204 g/mol. The third-order valence-electron chi connectivity index (χ3n) is 2.82. The Morgan fingerprint density at radius 1 is 1.00 bits per heavy atom. The van der Waals surface area contributed by atoms with E-state index in [0.29, 0.717) is 17.3 Å². The fraction of sp³-hybridized carbons (Fsp3) is 0.500. The van der Waals surface area contributed by atoms with Crippen molar-refractivity contribution in [3.63, 3.8) is 0 Å². The van der Waals surface area contributed by atoms with E-state index < -0.39 is 0 Å². The van der Waals surface area contributed by atoms with Gasteiger partial charge >= 0.3 is 0 Å². The Bertz CT molecular complexity index is 313. The zero-order chi connectivity index (χ0) is 10.8. The number of rotatable bonds is 2. The van der Waals surface area contributed by atoms with Gasteiger partial charge in [-0.2, -0.15) is 0 Å². The second-order valence-corrected chi connectivity index (χ2v) is 5.51. The maximum atomic E-state index is 3.28. The lowest BCUT2D eigenvalue weighted by Gasteiger charge is -2.17. The Hall–Kier alpha value is -0.510. The summed E-state index contributed by atoms with van der Waals surface area (Å²) in [6.07, 6.45) is 0. The molecule has 1 aromatic carbocycles. The molecule has 2 atom stereocenters. The van der Waals surface area contributed by atoms with E-state index in [0.717, 1.165) is 0 Å². The molecule has 3 heteroatoms. The molecular formula is C12H18N2S. The van der Waals surface area contributed by atoms with Crippen molar-refractivity contribution in [1.82, 2.24) is 10.9 Å². The summed E-state index contributed by atoms with van der Waals surface area (Å²) in [5, 5.41) is 0.604. The third-order valence-corrected chi connectivity index (χ3v) is 4.45. The van der Waals surface area contributed by atoms with E-state index >= 15 is 0 Å². The highest BCUT2D eigenvalue weighted by Crippen LogP contribution is 2.29. The average molecular weight is 222 g/mol. The van der Waals surface area contributed by atoms with Gasteiger partial charge in [0, 0.05) is 22.2 Å².